The van der Waals surface area contributed by atoms with E-state index in [1.807, 2.05) is 25.1 Å². The fourth-order valence-corrected chi connectivity index (χ4v) is 8.81. The minimum atomic E-state index is -3.60. The van der Waals surface area contributed by atoms with Gasteiger partial charge >= 0.3 is 5.97 Å². The second-order valence-corrected chi connectivity index (χ2v) is 15.9. The van der Waals surface area contributed by atoms with Gasteiger partial charge in [0.05, 0.1) is 17.1 Å². The lowest BCUT2D eigenvalue weighted by atomic mass is 9.63. The number of unbranched alkanes of at least 4 members (excludes halogenated alkanes) is 2. The summed E-state index contributed by atoms with van der Waals surface area (Å²) in [5.74, 6) is -0.222. The SMILES string of the molecule is C=C(C)[C@@H]1CC2(CCN(S(=O)(=O)c3ccc(CCCC)cc3)CC2)[C@@H](CCCC)O[C@H]1c1c(C)cc(C(C)C)cc1OCC(=O)O. The van der Waals surface area contributed by atoms with Crippen LogP contribution in [0.5, 0.6) is 5.75 Å². The lowest BCUT2D eigenvalue weighted by molar-refractivity contribution is -0.170. The average molecular weight is 654 g/mol. The topological polar surface area (TPSA) is 93.1 Å². The van der Waals surface area contributed by atoms with Crippen molar-refractivity contribution < 1.29 is 27.8 Å². The van der Waals surface area contributed by atoms with Gasteiger partial charge in [0, 0.05) is 24.6 Å². The van der Waals surface area contributed by atoms with Gasteiger partial charge < -0.3 is 14.6 Å². The van der Waals surface area contributed by atoms with Crippen molar-refractivity contribution in [3.63, 3.8) is 0 Å². The Morgan fingerprint density at radius 2 is 1.76 bits per heavy atom. The number of carboxylic acid groups (broad SMARTS) is 1. The lowest BCUT2D eigenvalue weighted by Gasteiger charge is -2.54. The first-order valence-corrected chi connectivity index (χ1v) is 18.7. The van der Waals surface area contributed by atoms with E-state index in [2.05, 4.69) is 47.3 Å². The number of hydrogen-bond acceptors (Lipinski definition) is 5. The van der Waals surface area contributed by atoms with Crippen molar-refractivity contribution >= 4 is 16.0 Å². The van der Waals surface area contributed by atoms with Crippen LogP contribution in [0.15, 0.2) is 53.4 Å². The van der Waals surface area contributed by atoms with Gasteiger partial charge in [-0.05, 0) is 98.6 Å². The number of aryl methyl sites for hydroxylation is 2. The van der Waals surface area contributed by atoms with E-state index < -0.39 is 22.6 Å². The molecule has 4 rings (SSSR count). The minimum Gasteiger partial charge on any atom is -0.482 e. The largest absolute Gasteiger partial charge is 0.482 e. The number of aliphatic carboxylic acids is 1. The Balaban J connectivity index is 1.63. The molecule has 2 aliphatic heterocycles. The molecular weight excluding hydrogens is 598 g/mol. The van der Waals surface area contributed by atoms with E-state index in [9.17, 15) is 18.3 Å². The van der Waals surface area contributed by atoms with E-state index in [-0.39, 0.29) is 29.5 Å². The first-order valence-electron chi connectivity index (χ1n) is 17.2. The summed E-state index contributed by atoms with van der Waals surface area (Å²) in [7, 11) is -3.60. The zero-order chi connectivity index (χ0) is 33.6. The molecule has 7 nitrogen and oxygen atoms in total. The zero-order valence-electron chi connectivity index (χ0n) is 28.8. The Kier molecular flexibility index (Phi) is 12.2. The van der Waals surface area contributed by atoms with Crippen LogP contribution >= 0.6 is 0 Å². The van der Waals surface area contributed by atoms with Crippen molar-refractivity contribution in [3.8, 4) is 5.75 Å². The van der Waals surface area contributed by atoms with Crippen molar-refractivity contribution in [2.24, 2.45) is 11.3 Å². The monoisotopic (exact) mass is 653 g/mol. The van der Waals surface area contributed by atoms with Crippen LogP contribution in [-0.2, 0) is 26.0 Å². The van der Waals surface area contributed by atoms with Gasteiger partial charge in [-0.15, -0.1) is 0 Å². The molecule has 2 aromatic carbocycles. The summed E-state index contributed by atoms with van der Waals surface area (Å²) >= 11 is 0. The minimum absolute atomic E-state index is 0.0209. The van der Waals surface area contributed by atoms with Gasteiger partial charge in [-0.25, -0.2) is 13.2 Å². The summed E-state index contributed by atoms with van der Waals surface area (Å²) < 4.78 is 42.2. The van der Waals surface area contributed by atoms with Gasteiger partial charge in [-0.1, -0.05) is 77.3 Å². The smallest absolute Gasteiger partial charge is 0.341 e. The molecular formula is C38H55NO6S. The molecule has 8 heteroatoms. The Morgan fingerprint density at radius 3 is 2.33 bits per heavy atom. The molecule has 254 valence electrons. The number of nitrogens with zero attached hydrogens (tertiary/aromatic N) is 1. The zero-order valence-corrected chi connectivity index (χ0v) is 29.6. The van der Waals surface area contributed by atoms with E-state index >= 15 is 0 Å². The number of sulfonamides is 1. The predicted octanol–water partition coefficient (Wildman–Crippen LogP) is 8.61. The van der Waals surface area contributed by atoms with Crippen molar-refractivity contribution in [1.82, 2.24) is 4.31 Å². The third-order valence-corrected chi connectivity index (χ3v) is 12.1. The highest BCUT2D eigenvalue weighted by atomic mass is 32.2. The number of rotatable bonds is 14. The average Bonchev–Trinajstić information content (AvgIpc) is 3.02. The number of carbonyl (C=O) groups is 1. The molecule has 2 saturated heterocycles. The molecule has 2 heterocycles. The molecule has 3 atom stereocenters. The Hall–Kier alpha value is -2.68. The maximum atomic E-state index is 13.7. The van der Waals surface area contributed by atoms with E-state index in [4.69, 9.17) is 9.47 Å². The van der Waals surface area contributed by atoms with E-state index in [1.165, 1.54) is 5.56 Å². The summed E-state index contributed by atoms with van der Waals surface area (Å²) in [5.41, 5.74) is 5.01. The number of ether oxygens (including phenoxy) is 2. The number of benzene rings is 2. The maximum Gasteiger partial charge on any atom is 0.341 e. The highest BCUT2D eigenvalue weighted by Gasteiger charge is 2.51. The Labute approximate surface area is 277 Å². The third kappa shape index (κ3) is 8.06. The molecule has 0 saturated carbocycles. The van der Waals surface area contributed by atoms with E-state index in [1.54, 1.807) is 16.4 Å². The molecule has 2 aromatic rings. The fraction of sp³-hybridized carbons (Fsp3) is 0.605. The molecule has 1 N–H and O–H groups in total. The van der Waals surface area contributed by atoms with Crippen LogP contribution in [0.4, 0.5) is 0 Å². The highest BCUT2D eigenvalue weighted by Crippen LogP contribution is 2.56. The van der Waals surface area contributed by atoms with E-state index in [0.717, 1.165) is 80.1 Å². The number of carboxylic acids is 1. The molecule has 0 radical (unpaired) electrons. The van der Waals surface area contributed by atoms with Crippen LogP contribution in [0.25, 0.3) is 0 Å². The third-order valence-electron chi connectivity index (χ3n) is 10.2. The number of piperidine rings is 1. The second kappa shape index (κ2) is 15.5. The van der Waals surface area contributed by atoms with Gasteiger partial charge in [-0.3, -0.25) is 0 Å². The second-order valence-electron chi connectivity index (χ2n) is 13.9. The van der Waals surface area contributed by atoms with Gasteiger partial charge in [0.25, 0.3) is 0 Å². The Bertz CT molecular complexity index is 1460. The molecule has 0 aromatic heterocycles. The Morgan fingerprint density at radius 1 is 1.11 bits per heavy atom. The first kappa shape index (κ1) is 36.2. The molecule has 46 heavy (non-hydrogen) atoms. The standard InChI is InChI=1S/C38H55NO6S/c1-8-10-12-29-14-16-31(17-15-29)46(42,43)39-20-18-38(19-21-39)24-32(27(5)6)37(45-34(38)13-11-9-2)36-28(7)22-30(26(3)4)23-33(36)44-25-35(40)41/h14-17,22-23,26,32,34,37H,5,8-13,18-21,24-25H2,1-4,6-7H3,(H,40,41)/t32-,34+,37+/m0/s1. The maximum absolute atomic E-state index is 13.7. The summed E-state index contributed by atoms with van der Waals surface area (Å²) in [6.45, 7) is 17.5. The molecule has 0 amide bonds. The molecule has 2 fully saturated rings. The van der Waals surface area contributed by atoms with Crippen molar-refractivity contribution in [1.29, 1.82) is 0 Å². The van der Waals surface area contributed by atoms with Gasteiger partial charge in [0.15, 0.2) is 6.61 Å². The molecule has 0 bridgehead atoms. The van der Waals surface area contributed by atoms with Crippen LogP contribution in [0.2, 0.25) is 0 Å². The lowest BCUT2D eigenvalue weighted by Crippen LogP contribution is -2.53. The first-order chi connectivity index (χ1) is 21.8. The molecule has 0 unspecified atom stereocenters. The summed E-state index contributed by atoms with van der Waals surface area (Å²) in [5, 5.41) is 9.45. The van der Waals surface area contributed by atoms with Crippen molar-refractivity contribution in [2.45, 2.75) is 122 Å². The summed E-state index contributed by atoms with van der Waals surface area (Å²) in [6, 6.07) is 11.6. The number of hydrogen-bond donors (Lipinski definition) is 1. The van der Waals surface area contributed by atoms with Crippen LogP contribution in [-0.4, -0.2) is 49.6 Å². The van der Waals surface area contributed by atoms with Crippen LogP contribution in [0.1, 0.15) is 120 Å². The molecule has 1 spiro atoms. The van der Waals surface area contributed by atoms with Gasteiger partial charge in [0.1, 0.15) is 5.75 Å². The van der Waals surface area contributed by atoms with Crippen molar-refractivity contribution in [2.75, 3.05) is 19.7 Å². The highest BCUT2D eigenvalue weighted by molar-refractivity contribution is 7.89. The van der Waals surface area contributed by atoms with Crippen LogP contribution in [0, 0.1) is 18.3 Å². The normalized spacial score (nSPS) is 21.8. The predicted molar refractivity (Wildman–Crippen MR) is 184 cm³/mol. The summed E-state index contributed by atoms with van der Waals surface area (Å²) in [6.07, 6.45) is 7.98. The van der Waals surface area contributed by atoms with E-state index in [0.29, 0.717) is 23.7 Å². The van der Waals surface area contributed by atoms with Gasteiger partial charge in [0.2, 0.25) is 10.0 Å². The summed E-state index contributed by atoms with van der Waals surface area (Å²) in [4.78, 5) is 11.9. The van der Waals surface area contributed by atoms with Crippen LogP contribution in [0.3, 0.4) is 0 Å². The molecule has 0 aliphatic carbocycles. The van der Waals surface area contributed by atoms with Crippen LogP contribution < -0.4 is 4.74 Å². The fourth-order valence-electron chi connectivity index (χ4n) is 7.36. The van der Waals surface area contributed by atoms with Crippen molar-refractivity contribution in [3.05, 3.63) is 70.8 Å². The molecule has 2 aliphatic rings. The quantitative estimate of drug-likeness (QED) is 0.205. The van der Waals surface area contributed by atoms with Gasteiger partial charge in [-0.2, -0.15) is 4.31 Å².